The van der Waals surface area contributed by atoms with E-state index in [4.69, 9.17) is 0 Å². The molecule has 1 fully saturated rings. The van der Waals surface area contributed by atoms with E-state index in [0.717, 1.165) is 19.3 Å². The minimum Gasteiger partial charge on any atom is -0.299 e. The van der Waals surface area contributed by atoms with E-state index in [1.807, 2.05) is 0 Å². The van der Waals surface area contributed by atoms with Gasteiger partial charge in [-0.15, -0.1) is 0 Å². The Balaban J connectivity index is 2.57. The smallest absolute Gasteiger partial charge is 0.234 e. The Kier molecular flexibility index (Phi) is 4.61. The largest absolute Gasteiger partial charge is 0.299 e. The maximum atomic E-state index is 11.8. The van der Waals surface area contributed by atoms with Crippen molar-refractivity contribution in [3.8, 4) is 0 Å². The Hall–Kier alpha value is -1.57. The fourth-order valence-corrected chi connectivity index (χ4v) is 1.89. The molecule has 2 atom stereocenters. The monoisotopic (exact) mass is 208 g/mol. The van der Waals surface area contributed by atoms with Crippen molar-refractivity contribution in [3.63, 3.8) is 0 Å². The fraction of sp³-hybridized carbons (Fsp3) is 0.700. The molecule has 5 nitrogen and oxygen atoms in total. The Labute approximate surface area is 87.3 Å². The molecular weight excluding hydrogens is 196 g/mol. The van der Waals surface area contributed by atoms with Crippen molar-refractivity contribution < 1.29 is 14.4 Å². The van der Waals surface area contributed by atoms with Gasteiger partial charge in [0.15, 0.2) is 0 Å². The first-order valence-corrected chi connectivity index (χ1v) is 4.90. The number of nitrogens with zero attached hydrogens (tertiary/aromatic N) is 2. The molecule has 5 heteroatoms. The molecule has 0 amide bonds. The molecule has 1 aliphatic carbocycles. The van der Waals surface area contributed by atoms with Gasteiger partial charge >= 0.3 is 0 Å². The van der Waals surface area contributed by atoms with Crippen LogP contribution in [0.3, 0.4) is 0 Å². The first-order valence-electron chi connectivity index (χ1n) is 4.90. The molecule has 1 rings (SSSR count). The highest BCUT2D eigenvalue weighted by atomic mass is 16.1. The third kappa shape index (κ3) is 3.24. The van der Waals surface area contributed by atoms with E-state index in [2.05, 4.69) is 9.98 Å². The molecule has 0 bridgehead atoms. The summed E-state index contributed by atoms with van der Waals surface area (Å²) < 4.78 is 0. The Morgan fingerprint density at radius 2 is 1.53 bits per heavy atom. The van der Waals surface area contributed by atoms with E-state index in [0.29, 0.717) is 0 Å². The van der Waals surface area contributed by atoms with Gasteiger partial charge in [-0.1, -0.05) is 6.42 Å². The van der Waals surface area contributed by atoms with Gasteiger partial charge in [-0.25, -0.2) is 19.6 Å². The van der Waals surface area contributed by atoms with Crippen LogP contribution in [0.5, 0.6) is 0 Å². The molecule has 0 aromatic rings. The van der Waals surface area contributed by atoms with Crippen molar-refractivity contribution in [2.75, 3.05) is 13.1 Å². The van der Waals surface area contributed by atoms with E-state index in [9.17, 15) is 14.4 Å². The Morgan fingerprint density at radius 3 is 1.93 bits per heavy atom. The van der Waals surface area contributed by atoms with Crippen LogP contribution in [0.25, 0.3) is 0 Å². The lowest BCUT2D eigenvalue weighted by Gasteiger charge is -2.24. The molecule has 0 aliphatic heterocycles. The summed E-state index contributed by atoms with van der Waals surface area (Å²) in [6, 6.07) is 0. The standard InChI is InChI=1S/C10H12N2O3/c13-6-11-4-8-2-1-3-9(10(8)15)5-12-7-14/h8-9H,1-5H2. The van der Waals surface area contributed by atoms with E-state index in [-0.39, 0.29) is 30.7 Å². The highest BCUT2D eigenvalue weighted by Crippen LogP contribution is 2.26. The van der Waals surface area contributed by atoms with Crippen LogP contribution in [0.2, 0.25) is 0 Å². The molecule has 80 valence electrons. The number of aliphatic imine (C=N–C) groups is 2. The third-order valence-corrected chi connectivity index (χ3v) is 2.66. The maximum Gasteiger partial charge on any atom is 0.234 e. The average Bonchev–Trinajstić information content (AvgIpc) is 2.26. The fourth-order valence-electron chi connectivity index (χ4n) is 1.89. The number of carbonyl (C=O) groups is 1. The molecule has 0 aromatic carbocycles. The molecule has 2 unspecified atom stereocenters. The molecule has 0 aromatic heterocycles. The summed E-state index contributed by atoms with van der Waals surface area (Å²) in [5, 5.41) is 0. The predicted molar refractivity (Wildman–Crippen MR) is 51.8 cm³/mol. The zero-order valence-electron chi connectivity index (χ0n) is 8.31. The number of hydrogen-bond donors (Lipinski definition) is 0. The van der Waals surface area contributed by atoms with Gasteiger partial charge in [-0.3, -0.25) is 4.79 Å². The van der Waals surface area contributed by atoms with E-state index in [1.165, 1.54) is 12.2 Å². The average molecular weight is 208 g/mol. The van der Waals surface area contributed by atoms with Crippen LogP contribution in [-0.4, -0.2) is 31.0 Å². The predicted octanol–water partition coefficient (Wildman–Crippen LogP) is 0.643. The lowest BCUT2D eigenvalue weighted by atomic mass is 9.80. The van der Waals surface area contributed by atoms with E-state index < -0.39 is 0 Å². The SMILES string of the molecule is O=C=NCC1CCCC(CN=C=O)C1=O. The maximum absolute atomic E-state index is 11.8. The molecule has 0 N–H and O–H groups in total. The molecule has 15 heavy (non-hydrogen) atoms. The number of rotatable bonds is 4. The van der Waals surface area contributed by atoms with Crippen molar-refractivity contribution in [2.24, 2.45) is 21.8 Å². The Bertz CT molecular complexity index is 298. The molecule has 0 heterocycles. The first kappa shape index (κ1) is 11.5. The van der Waals surface area contributed by atoms with Crippen LogP contribution < -0.4 is 0 Å². The summed E-state index contributed by atoms with van der Waals surface area (Å²) in [6.07, 6.45) is 5.28. The number of isocyanates is 2. The normalized spacial score (nSPS) is 25.2. The van der Waals surface area contributed by atoms with E-state index in [1.54, 1.807) is 0 Å². The summed E-state index contributed by atoms with van der Waals surface area (Å²) in [5.74, 6) is -0.349. The molecule has 0 saturated heterocycles. The molecule has 0 radical (unpaired) electrons. The minimum atomic E-state index is -0.202. The van der Waals surface area contributed by atoms with Crippen molar-refractivity contribution in [2.45, 2.75) is 19.3 Å². The summed E-state index contributed by atoms with van der Waals surface area (Å²) in [4.78, 5) is 38.5. The van der Waals surface area contributed by atoms with Crippen LogP contribution in [0.1, 0.15) is 19.3 Å². The van der Waals surface area contributed by atoms with Gasteiger partial charge in [0.25, 0.3) is 0 Å². The quantitative estimate of drug-likeness (QED) is 0.502. The van der Waals surface area contributed by atoms with Gasteiger partial charge < -0.3 is 0 Å². The third-order valence-electron chi connectivity index (χ3n) is 2.66. The number of carbonyl (C=O) groups excluding carboxylic acids is 3. The number of ketones is 1. The highest BCUT2D eigenvalue weighted by molar-refractivity contribution is 5.84. The topological polar surface area (TPSA) is 75.9 Å². The van der Waals surface area contributed by atoms with Crippen molar-refractivity contribution in [1.29, 1.82) is 0 Å². The molecular formula is C10H12N2O3. The van der Waals surface area contributed by atoms with Crippen molar-refractivity contribution >= 4 is 17.9 Å². The van der Waals surface area contributed by atoms with Gasteiger partial charge in [-0.05, 0) is 12.8 Å². The summed E-state index contributed by atoms with van der Waals surface area (Å²) in [6.45, 7) is 0.424. The first-order chi connectivity index (χ1) is 7.29. The van der Waals surface area contributed by atoms with Gasteiger partial charge in [0.1, 0.15) is 5.78 Å². The van der Waals surface area contributed by atoms with Crippen LogP contribution in [0.4, 0.5) is 0 Å². The molecule has 0 spiro atoms. The zero-order valence-corrected chi connectivity index (χ0v) is 8.31. The second-order valence-corrected chi connectivity index (χ2v) is 3.59. The lowest BCUT2D eigenvalue weighted by molar-refractivity contribution is -0.128. The van der Waals surface area contributed by atoms with Crippen molar-refractivity contribution in [1.82, 2.24) is 0 Å². The van der Waals surface area contributed by atoms with Crippen LogP contribution in [0.15, 0.2) is 9.98 Å². The van der Waals surface area contributed by atoms with Gasteiger partial charge in [0.05, 0.1) is 13.1 Å². The Morgan fingerprint density at radius 1 is 1.07 bits per heavy atom. The molecule has 1 aliphatic rings. The van der Waals surface area contributed by atoms with Crippen molar-refractivity contribution in [3.05, 3.63) is 0 Å². The zero-order chi connectivity index (χ0) is 11.1. The second kappa shape index (κ2) is 6.02. The second-order valence-electron chi connectivity index (χ2n) is 3.59. The minimum absolute atomic E-state index is 0.0549. The molecule has 1 saturated carbocycles. The van der Waals surface area contributed by atoms with E-state index >= 15 is 0 Å². The number of hydrogen-bond acceptors (Lipinski definition) is 5. The van der Waals surface area contributed by atoms with Crippen LogP contribution in [0, 0.1) is 11.8 Å². The summed E-state index contributed by atoms with van der Waals surface area (Å²) in [7, 11) is 0. The summed E-state index contributed by atoms with van der Waals surface area (Å²) in [5.41, 5.74) is 0. The number of Topliss-reactive ketones (excluding diaryl/α,β-unsaturated/α-hetero) is 1. The summed E-state index contributed by atoms with van der Waals surface area (Å²) >= 11 is 0. The van der Waals surface area contributed by atoms with Gasteiger partial charge in [0, 0.05) is 11.8 Å². The lowest BCUT2D eigenvalue weighted by Crippen LogP contribution is -2.31. The van der Waals surface area contributed by atoms with Crippen LogP contribution >= 0.6 is 0 Å². The highest BCUT2D eigenvalue weighted by Gasteiger charge is 2.30. The van der Waals surface area contributed by atoms with Gasteiger partial charge in [-0.2, -0.15) is 0 Å². The van der Waals surface area contributed by atoms with Crippen LogP contribution in [-0.2, 0) is 14.4 Å². The van der Waals surface area contributed by atoms with Gasteiger partial charge in [0.2, 0.25) is 12.2 Å².